The molecule has 3 nitrogen and oxygen atoms in total. The second-order valence-electron chi connectivity index (χ2n) is 4.98. The summed E-state index contributed by atoms with van der Waals surface area (Å²) in [6.45, 7) is 6.46. The first-order chi connectivity index (χ1) is 9.04. The van der Waals surface area contributed by atoms with Crippen molar-refractivity contribution in [1.29, 1.82) is 0 Å². The molecule has 0 saturated heterocycles. The SMILES string of the molecule is CC(C)C(C)Nc1nnc(Cc2ccc(F)cc2)s1. The molecule has 2 rings (SSSR count). The summed E-state index contributed by atoms with van der Waals surface area (Å²) < 4.78 is 12.8. The summed E-state index contributed by atoms with van der Waals surface area (Å²) in [7, 11) is 0. The van der Waals surface area contributed by atoms with Crippen LogP contribution in [0.25, 0.3) is 0 Å². The summed E-state index contributed by atoms with van der Waals surface area (Å²) >= 11 is 1.55. The highest BCUT2D eigenvalue weighted by Gasteiger charge is 2.10. The zero-order valence-corrected chi connectivity index (χ0v) is 12.2. The molecule has 0 aliphatic carbocycles. The maximum Gasteiger partial charge on any atom is 0.205 e. The number of rotatable bonds is 5. The minimum Gasteiger partial charge on any atom is -0.357 e. The van der Waals surface area contributed by atoms with Crippen LogP contribution in [0.15, 0.2) is 24.3 Å². The third-order valence-electron chi connectivity index (χ3n) is 3.09. The molecular formula is C14H18FN3S. The molecule has 0 aliphatic rings. The van der Waals surface area contributed by atoms with E-state index in [1.165, 1.54) is 12.1 Å². The molecule has 1 atom stereocenters. The Labute approximate surface area is 116 Å². The van der Waals surface area contributed by atoms with Crippen LogP contribution >= 0.6 is 11.3 Å². The molecular weight excluding hydrogens is 261 g/mol. The van der Waals surface area contributed by atoms with Gasteiger partial charge in [-0.25, -0.2) is 4.39 Å². The van der Waals surface area contributed by atoms with Crippen molar-refractivity contribution in [3.8, 4) is 0 Å². The van der Waals surface area contributed by atoms with Crippen LogP contribution in [-0.4, -0.2) is 16.2 Å². The summed E-state index contributed by atoms with van der Waals surface area (Å²) in [6, 6.07) is 6.86. The molecule has 5 heteroatoms. The molecule has 19 heavy (non-hydrogen) atoms. The topological polar surface area (TPSA) is 37.8 Å². The van der Waals surface area contributed by atoms with E-state index in [-0.39, 0.29) is 5.82 Å². The molecule has 1 aromatic carbocycles. The van der Waals surface area contributed by atoms with E-state index in [0.717, 1.165) is 15.7 Å². The molecule has 0 spiro atoms. The van der Waals surface area contributed by atoms with Gasteiger partial charge in [-0.2, -0.15) is 0 Å². The maximum atomic E-state index is 12.8. The van der Waals surface area contributed by atoms with E-state index in [1.807, 2.05) is 0 Å². The van der Waals surface area contributed by atoms with Gasteiger partial charge in [0, 0.05) is 12.5 Å². The highest BCUT2D eigenvalue weighted by molar-refractivity contribution is 7.15. The minimum absolute atomic E-state index is 0.214. The van der Waals surface area contributed by atoms with Gasteiger partial charge in [0.05, 0.1) is 0 Å². The van der Waals surface area contributed by atoms with Crippen LogP contribution in [-0.2, 0) is 6.42 Å². The zero-order chi connectivity index (χ0) is 13.8. The second-order valence-corrected chi connectivity index (χ2v) is 6.04. The van der Waals surface area contributed by atoms with Gasteiger partial charge in [0.25, 0.3) is 0 Å². The average Bonchev–Trinajstić information content (AvgIpc) is 2.79. The van der Waals surface area contributed by atoms with Gasteiger partial charge >= 0.3 is 0 Å². The largest absolute Gasteiger partial charge is 0.357 e. The third-order valence-corrected chi connectivity index (χ3v) is 3.94. The van der Waals surface area contributed by atoms with Crippen LogP contribution in [0.3, 0.4) is 0 Å². The van der Waals surface area contributed by atoms with E-state index in [9.17, 15) is 4.39 Å². The van der Waals surface area contributed by atoms with Crippen LogP contribution in [0.5, 0.6) is 0 Å². The molecule has 0 saturated carbocycles. The number of benzene rings is 1. The Balaban J connectivity index is 1.99. The van der Waals surface area contributed by atoms with Crippen molar-refractivity contribution in [1.82, 2.24) is 10.2 Å². The van der Waals surface area contributed by atoms with Crippen molar-refractivity contribution in [3.63, 3.8) is 0 Å². The molecule has 0 radical (unpaired) electrons. The Morgan fingerprint density at radius 2 is 1.84 bits per heavy atom. The van der Waals surface area contributed by atoms with Crippen LogP contribution in [0.2, 0.25) is 0 Å². The summed E-state index contributed by atoms with van der Waals surface area (Å²) in [5.41, 5.74) is 1.04. The van der Waals surface area contributed by atoms with E-state index in [2.05, 4.69) is 36.3 Å². The molecule has 1 heterocycles. The zero-order valence-electron chi connectivity index (χ0n) is 11.4. The van der Waals surface area contributed by atoms with Gasteiger partial charge in [0.1, 0.15) is 10.8 Å². The molecule has 1 N–H and O–H groups in total. The predicted molar refractivity (Wildman–Crippen MR) is 77.0 cm³/mol. The third kappa shape index (κ3) is 3.99. The molecule has 0 fully saturated rings. The van der Waals surface area contributed by atoms with Gasteiger partial charge in [-0.15, -0.1) is 10.2 Å². The fourth-order valence-electron chi connectivity index (χ4n) is 1.52. The van der Waals surface area contributed by atoms with E-state index in [1.54, 1.807) is 23.5 Å². The molecule has 0 aliphatic heterocycles. The Kier molecular flexibility index (Phi) is 4.47. The first-order valence-electron chi connectivity index (χ1n) is 6.38. The van der Waals surface area contributed by atoms with Crippen LogP contribution in [0, 0.1) is 11.7 Å². The molecule has 102 valence electrons. The van der Waals surface area contributed by atoms with E-state index in [0.29, 0.717) is 18.4 Å². The predicted octanol–water partition coefficient (Wildman–Crippen LogP) is 3.72. The first-order valence-corrected chi connectivity index (χ1v) is 7.19. The number of nitrogens with one attached hydrogen (secondary N) is 1. The van der Waals surface area contributed by atoms with Crippen molar-refractivity contribution in [3.05, 3.63) is 40.7 Å². The Morgan fingerprint density at radius 3 is 2.47 bits per heavy atom. The van der Waals surface area contributed by atoms with Crippen molar-refractivity contribution in [2.24, 2.45) is 5.92 Å². The summed E-state index contributed by atoms with van der Waals surface area (Å²) in [5, 5.41) is 13.4. The average molecular weight is 279 g/mol. The van der Waals surface area contributed by atoms with E-state index in [4.69, 9.17) is 0 Å². The first kappa shape index (κ1) is 13.9. The van der Waals surface area contributed by atoms with Gasteiger partial charge in [-0.3, -0.25) is 0 Å². The molecule has 2 aromatic rings. The highest BCUT2D eigenvalue weighted by Crippen LogP contribution is 2.20. The maximum absolute atomic E-state index is 12.8. The summed E-state index contributed by atoms with van der Waals surface area (Å²) in [4.78, 5) is 0. The second kappa shape index (κ2) is 6.10. The van der Waals surface area contributed by atoms with Crippen molar-refractivity contribution in [2.45, 2.75) is 33.2 Å². The number of nitrogens with zero attached hydrogens (tertiary/aromatic N) is 2. The van der Waals surface area contributed by atoms with Gasteiger partial charge in [-0.1, -0.05) is 37.3 Å². The van der Waals surface area contributed by atoms with Crippen LogP contribution < -0.4 is 5.32 Å². The monoisotopic (exact) mass is 279 g/mol. The summed E-state index contributed by atoms with van der Waals surface area (Å²) in [6.07, 6.45) is 0.690. The Morgan fingerprint density at radius 1 is 1.16 bits per heavy atom. The van der Waals surface area contributed by atoms with Gasteiger partial charge < -0.3 is 5.32 Å². The fraction of sp³-hybridized carbons (Fsp3) is 0.429. The Hall–Kier alpha value is -1.49. The van der Waals surface area contributed by atoms with Crippen LogP contribution in [0.4, 0.5) is 9.52 Å². The van der Waals surface area contributed by atoms with Crippen molar-refractivity contribution >= 4 is 16.5 Å². The molecule has 0 bridgehead atoms. The van der Waals surface area contributed by atoms with Gasteiger partial charge in [0.2, 0.25) is 5.13 Å². The van der Waals surface area contributed by atoms with Gasteiger partial charge in [-0.05, 0) is 30.5 Å². The lowest BCUT2D eigenvalue weighted by molar-refractivity contribution is 0.559. The highest BCUT2D eigenvalue weighted by atomic mass is 32.1. The lowest BCUT2D eigenvalue weighted by atomic mass is 10.1. The minimum atomic E-state index is -0.214. The summed E-state index contributed by atoms with van der Waals surface area (Å²) in [5.74, 6) is 0.332. The lowest BCUT2D eigenvalue weighted by Crippen LogP contribution is -2.21. The smallest absolute Gasteiger partial charge is 0.205 e. The van der Waals surface area contributed by atoms with Crippen molar-refractivity contribution < 1.29 is 4.39 Å². The Bertz CT molecular complexity index is 522. The number of hydrogen-bond acceptors (Lipinski definition) is 4. The van der Waals surface area contributed by atoms with Crippen molar-refractivity contribution in [2.75, 3.05) is 5.32 Å². The van der Waals surface area contributed by atoms with Crippen LogP contribution in [0.1, 0.15) is 31.3 Å². The number of aromatic nitrogens is 2. The van der Waals surface area contributed by atoms with E-state index < -0.39 is 0 Å². The molecule has 0 amide bonds. The van der Waals surface area contributed by atoms with Gasteiger partial charge in [0.15, 0.2) is 0 Å². The fourth-order valence-corrected chi connectivity index (χ4v) is 2.39. The molecule has 1 unspecified atom stereocenters. The normalized spacial score (nSPS) is 12.7. The quantitative estimate of drug-likeness (QED) is 0.906. The number of anilines is 1. The number of hydrogen-bond donors (Lipinski definition) is 1. The lowest BCUT2D eigenvalue weighted by Gasteiger charge is -2.15. The standard InChI is InChI=1S/C14H18FN3S/c1-9(2)10(3)16-14-18-17-13(19-14)8-11-4-6-12(15)7-5-11/h4-7,9-10H,8H2,1-3H3,(H,16,18). The molecule has 1 aromatic heterocycles. The number of halogens is 1. The van der Waals surface area contributed by atoms with E-state index >= 15 is 0 Å².